The smallest absolute Gasteiger partial charge is 0.123 e. The minimum atomic E-state index is -0.302. The molecule has 1 unspecified atom stereocenters. The third kappa shape index (κ3) is 3.09. The molecule has 0 aliphatic heterocycles. The van der Waals surface area contributed by atoms with E-state index in [0.29, 0.717) is 6.42 Å². The van der Waals surface area contributed by atoms with E-state index in [1.165, 1.54) is 12.1 Å². The fourth-order valence-electron chi connectivity index (χ4n) is 1.77. The molecule has 94 valence electrons. The Morgan fingerprint density at radius 2 is 2.17 bits per heavy atom. The van der Waals surface area contributed by atoms with Crippen molar-refractivity contribution in [2.75, 3.05) is 0 Å². The van der Waals surface area contributed by atoms with Gasteiger partial charge in [-0.15, -0.1) is 11.6 Å². The summed E-state index contributed by atoms with van der Waals surface area (Å²) in [5, 5.41) is -0.302. The molecule has 0 fully saturated rings. The minimum Gasteiger partial charge on any atom is -0.261 e. The van der Waals surface area contributed by atoms with Gasteiger partial charge in [-0.05, 0) is 42.3 Å². The van der Waals surface area contributed by atoms with Crippen LogP contribution in [0.15, 0.2) is 41.0 Å². The summed E-state index contributed by atoms with van der Waals surface area (Å²) >= 11 is 9.74. The van der Waals surface area contributed by atoms with E-state index in [-0.39, 0.29) is 11.2 Å². The highest BCUT2D eigenvalue weighted by atomic mass is 79.9. The largest absolute Gasteiger partial charge is 0.261 e. The molecule has 0 amide bonds. The van der Waals surface area contributed by atoms with Crippen LogP contribution in [0, 0.1) is 12.7 Å². The van der Waals surface area contributed by atoms with Gasteiger partial charge in [0.1, 0.15) is 5.82 Å². The van der Waals surface area contributed by atoms with Gasteiger partial charge in [0.05, 0.1) is 5.38 Å². The summed E-state index contributed by atoms with van der Waals surface area (Å²) < 4.78 is 14.0. The number of benzene rings is 1. The topological polar surface area (TPSA) is 12.9 Å². The lowest BCUT2D eigenvalue weighted by atomic mass is 10.0. The molecule has 0 spiro atoms. The zero-order valence-electron chi connectivity index (χ0n) is 9.83. The van der Waals surface area contributed by atoms with Crippen molar-refractivity contribution in [1.29, 1.82) is 0 Å². The zero-order chi connectivity index (χ0) is 13.1. The minimum absolute atomic E-state index is 0.281. The van der Waals surface area contributed by atoms with Crippen molar-refractivity contribution in [3.63, 3.8) is 0 Å². The summed E-state index contributed by atoms with van der Waals surface area (Å²) in [7, 11) is 0. The van der Waals surface area contributed by atoms with Gasteiger partial charge in [0.15, 0.2) is 0 Å². The molecule has 2 aromatic rings. The number of hydrogen-bond acceptors (Lipinski definition) is 1. The van der Waals surface area contributed by atoms with Crippen LogP contribution in [0.4, 0.5) is 4.39 Å². The highest BCUT2D eigenvalue weighted by molar-refractivity contribution is 9.10. The second kappa shape index (κ2) is 5.81. The van der Waals surface area contributed by atoms with E-state index in [0.717, 1.165) is 21.3 Å². The van der Waals surface area contributed by atoms with Crippen molar-refractivity contribution in [2.24, 2.45) is 0 Å². The van der Waals surface area contributed by atoms with Gasteiger partial charge in [-0.1, -0.05) is 22.0 Å². The Balaban J connectivity index is 2.25. The van der Waals surface area contributed by atoms with Gasteiger partial charge >= 0.3 is 0 Å². The van der Waals surface area contributed by atoms with Gasteiger partial charge < -0.3 is 0 Å². The molecule has 0 aliphatic carbocycles. The van der Waals surface area contributed by atoms with E-state index < -0.39 is 0 Å². The quantitative estimate of drug-likeness (QED) is 0.737. The van der Waals surface area contributed by atoms with Gasteiger partial charge in [0.2, 0.25) is 0 Å². The van der Waals surface area contributed by atoms with Crippen molar-refractivity contribution in [3.05, 3.63) is 63.6 Å². The molecule has 0 saturated carbocycles. The number of aryl methyl sites for hydroxylation is 1. The molecular formula is C14H12BrClFN. The summed E-state index contributed by atoms with van der Waals surface area (Å²) in [4.78, 5) is 4.30. The molecular weight excluding hydrogens is 317 g/mol. The normalized spacial score (nSPS) is 12.4. The van der Waals surface area contributed by atoms with Crippen LogP contribution in [0.2, 0.25) is 0 Å². The van der Waals surface area contributed by atoms with Gasteiger partial charge in [-0.2, -0.15) is 0 Å². The molecule has 0 aliphatic rings. The molecule has 1 aromatic carbocycles. The maximum Gasteiger partial charge on any atom is 0.123 e. The van der Waals surface area contributed by atoms with E-state index in [1.54, 1.807) is 12.3 Å². The van der Waals surface area contributed by atoms with Crippen LogP contribution in [-0.2, 0) is 6.42 Å². The first-order valence-electron chi connectivity index (χ1n) is 5.57. The standard InChI is InChI=1S/C14H12BrClFN/c1-9-3-2-6-18-14(9)8-13(16)11-7-10(17)4-5-12(11)15/h2-7,13H,8H2,1H3. The Morgan fingerprint density at radius 1 is 1.39 bits per heavy atom. The Hall–Kier alpha value is -0.930. The van der Waals surface area contributed by atoms with Crippen LogP contribution in [0.5, 0.6) is 0 Å². The van der Waals surface area contributed by atoms with E-state index >= 15 is 0 Å². The molecule has 0 saturated heterocycles. The first-order chi connectivity index (χ1) is 8.58. The number of rotatable bonds is 3. The maximum absolute atomic E-state index is 13.2. The lowest BCUT2D eigenvalue weighted by Crippen LogP contribution is -2.01. The highest BCUT2D eigenvalue weighted by Crippen LogP contribution is 2.31. The molecule has 1 nitrogen and oxygen atoms in total. The number of alkyl halides is 1. The fraction of sp³-hybridized carbons (Fsp3) is 0.214. The number of aromatic nitrogens is 1. The Bertz CT molecular complexity index is 559. The number of nitrogens with zero attached hydrogens (tertiary/aromatic N) is 1. The average Bonchev–Trinajstić information content (AvgIpc) is 2.35. The van der Waals surface area contributed by atoms with Crippen molar-refractivity contribution in [2.45, 2.75) is 18.7 Å². The highest BCUT2D eigenvalue weighted by Gasteiger charge is 2.15. The van der Waals surface area contributed by atoms with Crippen LogP contribution >= 0.6 is 27.5 Å². The predicted molar refractivity (Wildman–Crippen MR) is 75.4 cm³/mol. The molecule has 0 bridgehead atoms. The van der Waals surface area contributed by atoms with E-state index in [1.807, 2.05) is 19.1 Å². The summed E-state index contributed by atoms with van der Waals surface area (Å²) in [6.07, 6.45) is 2.32. The lowest BCUT2D eigenvalue weighted by Gasteiger charge is -2.13. The molecule has 4 heteroatoms. The van der Waals surface area contributed by atoms with E-state index in [4.69, 9.17) is 11.6 Å². The molecule has 18 heavy (non-hydrogen) atoms. The average molecular weight is 329 g/mol. The van der Waals surface area contributed by atoms with Gasteiger partial charge in [0.25, 0.3) is 0 Å². The van der Waals surface area contributed by atoms with Crippen LogP contribution in [0.25, 0.3) is 0 Å². The number of halogens is 3. The number of hydrogen-bond donors (Lipinski definition) is 0. The SMILES string of the molecule is Cc1cccnc1CC(Cl)c1cc(F)ccc1Br. The first-order valence-corrected chi connectivity index (χ1v) is 6.80. The molecule has 1 heterocycles. The van der Waals surface area contributed by atoms with Gasteiger partial charge in [0, 0.05) is 22.8 Å². The lowest BCUT2D eigenvalue weighted by molar-refractivity contribution is 0.624. The van der Waals surface area contributed by atoms with Crippen LogP contribution < -0.4 is 0 Å². The Kier molecular flexibility index (Phi) is 4.36. The number of pyridine rings is 1. The molecule has 1 atom stereocenters. The van der Waals surface area contributed by atoms with Crippen molar-refractivity contribution >= 4 is 27.5 Å². The first kappa shape index (κ1) is 13.5. The van der Waals surface area contributed by atoms with E-state index in [2.05, 4.69) is 20.9 Å². The molecule has 1 aromatic heterocycles. The Labute approximate surface area is 119 Å². The Morgan fingerprint density at radius 3 is 2.89 bits per heavy atom. The van der Waals surface area contributed by atoms with Gasteiger partial charge in [-0.3, -0.25) is 4.98 Å². The van der Waals surface area contributed by atoms with E-state index in [9.17, 15) is 4.39 Å². The summed E-state index contributed by atoms with van der Waals surface area (Å²) in [5.41, 5.74) is 2.78. The third-order valence-corrected chi connectivity index (χ3v) is 3.90. The van der Waals surface area contributed by atoms with Crippen molar-refractivity contribution in [3.8, 4) is 0 Å². The van der Waals surface area contributed by atoms with Crippen molar-refractivity contribution in [1.82, 2.24) is 4.98 Å². The monoisotopic (exact) mass is 327 g/mol. The van der Waals surface area contributed by atoms with Crippen LogP contribution in [0.3, 0.4) is 0 Å². The molecule has 0 N–H and O–H groups in total. The molecule has 2 rings (SSSR count). The van der Waals surface area contributed by atoms with Crippen LogP contribution in [0.1, 0.15) is 22.2 Å². The second-order valence-corrected chi connectivity index (χ2v) is 5.49. The van der Waals surface area contributed by atoms with Crippen LogP contribution in [-0.4, -0.2) is 4.98 Å². The summed E-state index contributed by atoms with van der Waals surface area (Å²) in [5.74, 6) is -0.281. The molecule has 0 radical (unpaired) electrons. The van der Waals surface area contributed by atoms with Gasteiger partial charge in [-0.25, -0.2) is 4.39 Å². The van der Waals surface area contributed by atoms with Crippen molar-refractivity contribution < 1.29 is 4.39 Å². The second-order valence-electron chi connectivity index (χ2n) is 4.10. The summed E-state index contributed by atoms with van der Waals surface area (Å²) in [6.45, 7) is 1.99. The predicted octanol–water partition coefficient (Wildman–Crippen LogP) is 4.81. The fourth-order valence-corrected chi connectivity index (χ4v) is 2.75. The maximum atomic E-state index is 13.2. The zero-order valence-corrected chi connectivity index (χ0v) is 12.2. The third-order valence-electron chi connectivity index (χ3n) is 2.79. The summed E-state index contributed by atoms with van der Waals surface area (Å²) in [6, 6.07) is 8.42.